The topological polar surface area (TPSA) is 76.1 Å². The first-order valence-electron chi connectivity index (χ1n) is 6.60. The summed E-state index contributed by atoms with van der Waals surface area (Å²) in [7, 11) is 0. The first kappa shape index (κ1) is 15.9. The molecule has 1 atom stereocenters. The van der Waals surface area contributed by atoms with Gasteiger partial charge in [0.05, 0.1) is 31.3 Å². The Hall–Kier alpha value is -1.14. The van der Waals surface area contributed by atoms with Crippen molar-refractivity contribution in [3.05, 3.63) is 0 Å². The summed E-state index contributed by atoms with van der Waals surface area (Å²) < 4.78 is 10.4. The van der Waals surface area contributed by atoms with Gasteiger partial charge in [-0.05, 0) is 20.8 Å². The van der Waals surface area contributed by atoms with Crippen LogP contribution in [0.15, 0.2) is 0 Å². The van der Waals surface area contributed by atoms with E-state index in [1.54, 1.807) is 11.8 Å². The Balaban J connectivity index is 2.49. The number of amides is 1. The third-order valence-electron chi connectivity index (χ3n) is 2.89. The fourth-order valence-electron chi connectivity index (χ4n) is 2.18. The summed E-state index contributed by atoms with van der Waals surface area (Å²) in [4.78, 5) is 24.9. The van der Waals surface area contributed by atoms with E-state index in [4.69, 9.17) is 9.47 Å². The fraction of sp³-hybridized carbons (Fsp3) is 0.846. The lowest BCUT2D eigenvalue weighted by Gasteiger charge is -2.42. The summed E-state index contributed by atoms with van der Waals surface area (Å²) >= 11 is 0. The average molecular weight is 273 g/mol. The zero-order valence-corrected chi connectivity index (χ0v) is 11.8. The van der Waals surface area contributed by atoms with E-state index in [0.29, 0.717) is 19.7 Å². The predicted octanol–water partition coefficient (Wildman–Crippen LogP) is 0.328. The molecule has 0 spiro atoms. The van der Waals surface area contributed by atoms with Gasteiger partial charge in [0.2, 0.25) is 5.91 Å². The molecule has 0 radical (unpaired) electrons. The van der Waals surface area contributed by atoms with Crippen LogP contribution in [0.25, 0.3) is 0 Å². The molecule has 6 heteroatoms. The van der Waals surface area contributed by atoms with Crippen LogP contribution >= 0.6 is 0 Å². The molecule has 0 bridgehead atoms. The second kappa shape index (κ2) is 6.86. The van der Waals surface area contributed by atoms with E-state index < -0.39 is 5.60 Å². The van der Waals surface area contributed by atoms with Gasteiger partial charge in [-0.2, -0.15) is 0 Å². The minimum atomic E-state index is -0.481. The van der Waals surface area contributed by atoms with Crippen molar-refractivity contribution in [2.75, 3.05) is 26.3 Å². The maximum atomic E-state index is 12.0. The van der Waals surface area contributed by atoms with Gasteiger partial charge < -0.3 is 19.5 Å². The summed E-state index contributed by atoms with van der Waals surface area (Å²) in [5.41, 5.74) is -0.481. The molecule has 0 aromatic rings. The summed E-state index contributed by atoms with van der Waals surface area (Å²) in [6, 6.07) is 0. The van der Waals surface area contributed by atoms with Crippen molar-refractivity contribution in [3.8, 4) is 0 Å². The molecule has 1 aliphatic heterocycles. The zero-order chi connectivity index (χ0) is 14.5. The maximum absolute atomic E-state index is 12.0. The van der Waals surface area contributed by atoms with Crippen molar-refractivity contribution in [1.82, 2.24) is 4.90 Å². The number of morpholine rings is 1. The zero-order valence-electron chi connectivity index (χ0n) is 11.8. The average Bonchev–Trinajstić information content (AvgIpc) is 2.34. The van der Waals surface area contributed by atoms with Crippen LogP contribution in [0, 0.1) is 0 Å². The highest BCUT2D eigenvalue weighted by Gasteiger charge is 2.35. The van der Waals surface area contributed by atoms with E-state index >= 15 is 0 Å². The van der Waals surface area contributed by atoms with Crippen LogP contribution in [0.2, 0.25) is 0 Å². The van der Waals surface area contributed by atoms with Crippen LogP contribution in [-0.2, 0) is 19.1 Å². The molecule has 1 saturated heterocycles. The number of hydrogen-bond donors (Lipinski definition) is 1. The van der Waals surface area contributed by atoms with Gasteiger partial charge in [0.25, 0.3) is 0 Å². The quantitative estimate of drug-likeness (QED) is 0.730. The Bertz CT molecular complexity index is 329. The molecular weight excluding hydrogens is 250 g/mol. The number of hydrogen-bond acceptors (Lipinski definition) is 5. The number of ether oxygens (including phenoxy) is 2. The number of aliphatic hydroxyl groups is 1. The van der Waals surface area contributed by atoms with Gasteiger partial charge in [0, 0.05) is 19.5 Å². The van der Waals surface area contributed by atoms with Gasteiger partial charge >= 0.3 is 5.97 Å². The van der Waals surface area contributed by atoms with Gasteiger partial charge in [0.15, 0.2) is 0 Å². The van der Waals surface area contributed by atoms with Gasteiger partial charge in [-0.25, -0.2) is 0 Å². The highest BCUT2D eigenvalue weighted by molar-refractivity contribution is 5.81. The fourth-order valence-corrected chi connectivity index (χ4v) is 2.18. The number of esters is 1. The van der Waals surface area contributed by atoms with E-state index in [2.05, 4.69) is 0 Å². The largest absolute Gasteiger partial charge is 0.466 e. The maximum Gasteiger partial charge on any atom is 0.306 e. The predicted molar refractivity (Wildman–Crippen MR) is 68.5 cm³/mol. The second-order valence-electron chi connectivity index (χ2n) is 5.26. The first-order valence-corrected chi connectivity index (χ1v) is 6.60. The summed E-state index contributed by atoms with van der Waals surface area (Å²) in [5, 5.41) is 9.17. The monoisotopic (exact) mass is 273 g/mol. The highest BCUT2D eigenvalue weighted by atomic mass is 16.5. The number of carbonyl (C=O) groups is 2. The summed E-state index contributed by atoms with van der Waals surface area (Å²) in [6.45, 7) is 6.51. The van der Waals surface area contributed by atoms with Crippen LogP contribution in [0.1, 0.15) is 33.6 Å². The van der Waals surface area contributed by atoms with Crippen LogP contribution in [-0.4, -0.2) is 59.9 Å². The Labute approximate surface area is 113 Å². The lowest BCUT2D eigenvalue weighted by molar-refractivity contribution is -0.167. The molecule has 1 unspecified atom stereocenters. The number of carbonyl (C=O) groups excluding carboxylic acids is 2. The van der Waals surface area contributed by atoms with Crippen molar-refractivity contribution in [2.45, 2.75) is 45.3 Å². The SMILES string of the molecule is CCOC(=O)CCC(=O)N1CC(CO)OC(C)(C)C1. The molecule has 1 N–H and O–H groups in total. The van der Waals surface area contributed by atoms with Gasteiger partial charge in [-0.1, -0.05) is 0 Å². The third-order valence-corrected chi connectivity index (χ3v) is 2.89. The Morgan fingerprint density at radius 3 is 2.68 bits per heavy atom. The molecule has 0 aromatic heterocycles. The highest BCUT2D eigenvalue weighted by Crippen LogP contribution is 2.21. The molecule has 1 fully saturated rings. The smallest absolute Gasteiger partial charge is 0.306 e. The van der Waals surface area contributed by atoms with Crippen LogP contribution in [0.5, 0.6) is 0 Å². The van der Waals surface area contributed by atoms with Gasteiger partial charge in [-0.3, -0.25) is 9.59 Å². The standard InChI is InChI=1S/C13H23NO5/c1-4-18-12(17)6-5-11(16)14-7-10(8-15)19-13(2,3)9-14/h10,15H,4-9H2,1-3H3. The minimum absolute atomic E-state index is 0.0915. The van der Waals surface area contributed by atoms with E-state index in [0.717, 1.165) is 0 Å². The Kier molecular flexibility index (Phi) is 5.75. The van der Waals surface area contributed by atoms with Crippen molar-refractivity contribution in [2.24, 2.45) is 0 Å². The van der Waals surface area contributed by atoms with E-state index in [1.807, 2.05) is 13.8 Å². The van der Waals surface area contributed by atoms with Crippen LogP contribution in [0.4, 0.5) is 0 Å². The first-order chi connectivity index (χ1) is 8.88. The molecule has 6 nitrogen and oxygen atoms in total. The molecule has 1 aliphatic rings. The number of nitrogens with zero attached hydrogens (tertiary/aromatic N) is 1. The van der Waals surface area contributed by atoms with E-state index in [1.165, 1.54) is 0 Å². The molecule has 1 heterocycles. The molecule has 110 valence electrons. The number of rotatable bonds is 5. The molecular formula is C13H23NO5. The van der Waals surface area contributed by atoms with Gasteiger partial charge in [0.1, 0.15) is 0 Å². The molecule has 19 heavy (non-hydrogen) atoms. The second-order valence-corrected chi connectivity index (χ2v) is 5.26. The minimum Gasteiger partial charge on any atom is -0.466 e. The Morgan fingerprint density at radius 1 is 1.42 bits per heavy atom. The molecule has 0 saturated carbocycles. The van der Waals surface area contributed by atoms with Crippen molar-refractivity contribution < 1.29 is 24.2 Å². The molecule has 0 aliphatic carbocycles. The normalized spacial score (nSPS) is 22.1. The van der Waals surface area contributed by atoms with Crippen LogP contribution < -0.4 is 0 Å². The summed E-state index contributed by atoms with van der Waals surface area (Å²) in [6.07, 6.45) is -0.142. The molecule has 0 aromatic carbocycles. The lowest BCUT2D eigenvalue weighted by atomic mass is 10.0. The van der Waals surface area contributed by atoms with Gasteiger partial charge in [-0.15, -0.1) is 0 Å². The lowest BCUT2D eigenvalue weighted by Crippen LogP contribution is -2.55. The van der Waals surface area contributed by atoms with Crippen LogP contribution in [0.3, 0.4) is 0 Å². The van der Waals surface area contributed by atoms with E-state index in [9.17, 15) is 14.7 Å². The molecule has 1 amide bonds. The summed E-state index contributed by atoms with van der Waals surface area (Å²) in [5.74, 6) is -0.468. The van der Waals surface area contributed by atoms with Crippen molar-refractivity contribution >= 4 is 11.9 Å². The van der Waals surface area contributed by atoms with Crippen molar-refractivity contribution in [3.63, 3.8) is 0 Å². The van der Waals surface area contributed by atoms with E-state index in [-0.39, 0.29) is 37.4 Å². The Morgan fingerprint density at radius 2 is 2.11 bits per heavy atom. The van der Waals surface area contributed by atoms with Crippen molar-refractivity contribution in [1.29, 1.82) is 0 Å². The molecule has 1 rings (SSSR count). The number of aliphatic hydroxyl groups excluding tert-OH is 1. The third kappa shape index (κ3) is 5.16.